The van der Waals surface area contributed by atoms with Crippen molar-refractivity contribution in [2.45, 2.75) is 20.3 Å². The quantitative estimate of drug-likeness (QED) is 0.618. The zero-order valence-corrected chi connectivity index (χ0v) is 14.3. The standard InChI is InChI=1S/C20H20O5/c1-13-3-4-15(9-14(13)2)10-20(22)25-12-17(21)16-5-6-18-19(11-16)24-8-7-23-18/h3-6,9,11H,7-8,10,12H2,1-2H3. The van der Waals surface area contributed by atoms with Crippen molar-refractivity contribution in [2.24, 2.45) is 0 Å². The molecule has 0 spiro atoms. The zero-order chi connectivity index (χ0) is 17.8. The first kappa shape index (κ1) is 17.0. The highest BCUT2D eigenvalue weighted by Gasteiger charge is 2.16. The molecule has 1 heterocycles. The zero-order valence-electron chi connectivity index (χ0n) is 14.3. The Morgan fingerprint density at radius 2 is 1.72 bits per heavy atom. The van der Waals surface area contributed by atoms with E-state index in [0.29, 0.717) is 30.3 Å². The molecule has 5 heteroatoms. The van der Waals surface area contributed by atoms with E-state index in [2.05, 4.69) is 0 Å². The van der Waals surface area contributed by atoms with Crippen LogP contribution in [0, 0.1) is 13.8 Å². The molecule has 0 radical (unpaired) electrons. The summed E-state index contributed by atoms with van der Waals surface area (Å²) in [5.74, 6) is 0.465. The molecule has 0 fully saturated rings. The highest BCUT2D eigenvalue weighted by Crippen LogP contribution is 2.30. The van der Waals surface area contributed by atoms with E-state index in [1.165, 1.54) is 5.56 Å². The highest BCUT2D eigenvalue weighted by molar-refractivity contribution is 5.98. The van der Waals surface area contributed by atoms with Crippen LogP contribution in [0.5, 0.6) is 11.5 Å². The minimum atomic E-state index is -0.422. The minimum Gasteiger partial charge on any atom is -0.486 e. The number of rotatable bonds is 5. The summed E-state index contributed by atoms with van der Waals surface area (Å²) in [6.45, 7) is 4.67. The van der Waals surface area contributed by atoms with E-state index < -0.39 is 5.97 Å². The van der Waals surface area contributed by atoms with E-state index in [0.717, 1.165) is 11.1 Å². The third kappa shape index (κ3) is 4.18. The summed E-state index contributed by atoms with van der Waals surface area (Å²) in [6, 6.07) is 10.8. The van der Waals surface area contributed by atoms with Gasteiger partial charge in [0.2, 0.25) is 0 Å². The van der Waals surface area contributed by atoms with Gasteiger partial charge in [0.25, 0.3) is 0 Å². The summed E-state index contributed by atoms with van der Waals surface area (Å²) < 4.78 is 16.0. The number of hydrogen-bond acceptors (Lipinski definition) is 5. The molecule has 0 aromatic heterocycles. The number of ketones is 1. The lowest BCUT2D eigenvalue weighted by Crippen LogP contribution is -2.18. The fourth-order valence-corrected chi connectivity index (χ4v) is 2.58. The number of aryl methyl sites for hydroxylation is 2. The number of Topliss-reactive ketones (excluding diaryl/α,β-unsaturated/α-hetero) is 1. The Morgan fingerprint density at radius 3 is 2.48 bits per heavy atom. The molecule has 0 bridgehead atoms. The summed E-state index contributed by atoms with van der Waals surface area (Å²) in [7, 11) is 0. The van der Waals surface area contributed by atoms with Crippen molar-refractivity contribution in [1.29, 1.82) is 0 Å². The summed E-state index contributed by atoms with van der Waals surface area (Å²) in [6.07, 6.45) is 0.148. The maximum Gasteiger partial charge on any atom is 0.310 e. The van der Waals surface area contributed by atoms with Crippen LogP contribution >= 0.6 is 0 Å². The van der Waals surface area contributed by atoms with Crippen molar-refractivity contribution in [1.82, 2.24) is 0 Å². The summed E-state index contributed by atoms with van der Waals surface area (Å²) in [4.78, 5) is 24.2. The largest absolute Gasteiger partial charge is 0.486 e. The van der Waals surface area contributed by atoms with Gasteiger partial charge in [0.1, 0.15) is 13.2 Å². The van der Waals surface area contributed by atoms with Gasteiger partial charge in [0.05, 0.1) is 6.42 Å². The van der Waals surface area contributed by atoms with Crippen LogP contribution in [0.1, 0.15) is 27.0 Å². The molecule has 25 heavy (non-hydrogen) atoms. The fourth-order valence-electron chi connectivity index (χ4n) is 2.58. The van der Waals surface area contributed by atoms with E-state index in [1.807, 2.05) is 32.0 Å². The summed E-state index contributed by atoms with van der Waals surface area (Å²) in [5, 5.41) is 0. The molecule has 0 saturated heterocycles. The Bertz CT molecular complexity index is 810. The molecule has 0 aliphatic carbocycles. The second-order valence-electron chi connectivity index (χ2n) is 6.04. The van der Waals surface area contributed by atoms with Crippen LogP contribution in [0.25, 0.3) is 0 Å². The van der Waals surface area contributed by atoms with Gasteiger partial charge in [-0.1, -0.05) is 18.2 Å². The van der Waals surface area contributed by atoms with Gasteiger partial charge in [-0.05, 0) is 48.7 Å². The Kier molecular flexibility index (Phi) is 5.03. The Morgan fingerprint density at radius 1 is 0.960 bits per heavy atom. The van der Waals surface area contributed by atoms with Gasteiger partial charge in [-0.15, -0.1) is 0 Å². The van der Waals surface area contributed by atoms with Gasteiger partial charge in [0, 0.05) is 5.56 Å². The molecule has 5 nitrogen and oxygen atoms in total. The molecule has 1 aliphatic rings. The lowest BCUT2D eigenvalue weighted by Gasteiger charge is -2.18. The monoisotopic (exact) mass is 340 g/mol. The number of fused-ring (bicyclic) bond motifs is 1. The first-order valence-electron chi connectivity index (χ1n) is 8.17. The maximum absolute atomic E-state index is 12.2. The number of ether oxygens (including phenoxy) is 3. The van der Waals surface area contributed by atoms with Crippen LogP contribution in [0.3, 0.4) is 0 Å². The smallest absolute Gasteiger partial charge is 0.310 e. The van der Waals surface area contributed by atoms with Crippen LogP contribution in [0.2, 0.25) is 0 Å². The third-order valence-electron chi connectivity index (χ3n) is 4.15. The van der Waals surface area contributed by atoms with Gasteiger partial charge >= 0.3 is 5.97 Å². The van der Waals surface area contributed by atoms with E-state index in [1.54, 1.807) is 18.2 Å². The van der Waals surface area contributed by atoms with Crippen LogP contribution < -0.4 is 9.47 Å². The minimum absolute atomic E-state index is 0.148. The number of hydrogen-bond donors (Lipinski definition) is 0. The van der Waals surface area contributed by atoms with Crippen LogP contribution in [0.15, 0.2) is 36.4 Å². The molecule has 3 rings (SSSR count). The topological polar surface area (TPSA) is 61.8 Å². The molecular weight excluding hydrogens is 320 g/mol. The molecule has 0 saturated carbocycles. The Labute approximate surface area is 146 Å². The lowest BCUT2D eigenvalue weighted by atomic mass is 10.0. The Balaban J connectivity index is 1.56. The van der Waals surface area contributed by atoms with Crippen molar-refractivity contribution in [3.05, 3.63) is 58.7 Å². The van der Waals surface area contributed by atoms with Gasteiger partial charge in [-0.2, -0.15) is 0 Å². The van der Waals surface area contributed by atoms with E-state index >= 15 is 0 Å². The first-order valence-corrected chi connectivity index (χ1v) is 8.17. The predicted octanol–water partition coefficient (Wildman–Crippen LogP) is 3.04. The molecular formula is C20H20O5. The first-order chi connectivity index (χ1) is 12.0. The number of benzene rings is 2. The normalized spacial score (nSPS) is 12.6. The van der Waals surface area contributed by atoms with Crippen molar-refractivity contribution < 1.29 is 23.8 Å². The maximum atomic E-state index is 12.2. The predicted molar refractivity (Wildman–Crippen MR) is 92.3 cm³/mol. The van der Waals surface area contributed by atoms with E-state index in [9.17, 15) is 9.59 Å². The van der Waals surface area contributed by atoms with E-state index in [4.69, 9.17) is 14.2 Å². The van der Waals surface area contributed by atoms with Gasteiger partial charge < -0.3 is 14.2 Å². The van der Waals surface area contributed by atoms with Crippen LogP contribution in [0.4, 0.5) is 0 Å². The second-order valence-corrected chi connectivity index (χ2v) is 6.04. The molecule has 2 aromatic rings. The third-order valence-corrected chi connectivity index (χ3v) is 4.15. The van der Waals surface area contributed by atoms with Crippen molar-refractivity contribution in [3.63, 3.8) is 0 Å². The second kappa shape index (κ2) is 7.38. The molecule has 0 amide bonds. The molecule has 2 aromatic carbocycles. The molecule has 0 N–H and O–H groups in total. The molecule has 130 valence electrons. The van der Waals surface area contributed by atoms with Crippen LogP contribution in [-0.4, -0.2) is 31.6 Å². The molecule has 1 aliphatic heterocycles. The van der Waals surface area contributed by atoms with Crippen molar-refractivity contribution >= 4 is 11.8 Å². The Hall–Kier alpha value is -2.82. The van der Waals surface area contributed by atoms with E-state index in [-0.39, 0.29) is 18.8 Å². The average Bonchev–Trinajstić information content (AvgIpc) is 2.62. The molecule has 0 unspecified atom stereocenters. The summed E-state index contributed by atoms with van der Waals surface area (Å²) >= 11 is 0. The lowest BCUT2D eigenvalue weighted by molar-refractivity contribution is -0.141. The van der Waals surface area contributed by atoms with Crippen LogP contribution in [-0.2, 0) is 16.0 Å². The average molecular weight is 340 g/mol. The van der Waals surface area contributed by atoms with Crippen molar-refractivity contribution in [3.8, 4) is 11.5 Å². The fraction of sp³-hybridized carbons (Fsp3) is 0.300. The van der Waals surface area contributed by atoms with Gasteiger partial charge in [0.15, 0.2) is 23.9 Å². The SMILES string of the molecule is Cc1ccc(CC(=O)OCC(=O)c2ccc3c(c2)OCCO3)cc1C. The highest BCUT2D eigenvalue weighted by atomic mass is 16.6. The van der Waals surface area contributed by atoms with Gasteiger partial charge in [-0.25, -0.2) is 0 Å². The van der Waals surface area contributed by atoms with Crippen molar-refractivity contribution in [2.75, 3.05) is 19.8 Å². The molecule has 0 atom stereocenters. The summed E-state index contributed by atoms with van der Waals surface area (Å²) in [5.41, 5.74) is 3.60. The van der Waals surface area contributed by atoms with Gasteiger partial charge in [-0.3, -0.25) is 9.59 Å². The number of esters is 1. The number of carbonyl (C=O) groups excluding carboxylic acids is 2. The number of carbonyl (C=O) groups is 2.